The first-order chi connectivity index (χ1) is 9.57. The van der Waals surface area contributed by atoms with E-state index >= 15 is 0 Å². The molecule has 124 valence electrons. The molecule has 0 aromatic heterocycles. The number of carbonyl (C=O) groups is 1. The molecular formula is C13H14BrClF3NO3. The van der Waals surface area contributed by atoms with Crippen molar-refractivity contribution < 1.29 is 27.4 Å². The summed E-state index contributed by atoms with van der Waals surface area (Å²) >= 11 is 3.15. The number of benzene rings is 1. The van der Waals surface area contributed by atoms with Crippen molar-refractivity contribution in [2.24, 2.45) is 5.41 Å². The van der Waals surface area contributed by atoms with Crippen LogP contribution in [0, 0.1) is 5.41 Å². The highest BCUT2D eigenvalue weighted by Crippen LogP contribution is 2.39. The van der Waals surface area contributed by atoms with Crippen molar-refractivity contribution in [3.8, 4) is 5.75 Å². The SMILES string of the molecule is CC1(C)COC(=O)N[C@H]1c1cc(Br)cc(OC(F)(F)F)c1.Cl. The second-order valence-corrected chi connectivity index (χ2v) is 6.33. The Labute approximate surface area is 139 Å². The fraction of sp³-hybridized carbons (Fsp3) is 0.462. The molecule has 1 N–H and O–H groups in total. The molecule has 1 fully saturated rings. The molecule has 1 heterocycles. The molecular weight excluding hydrogens is 390 g/mol. The van der Waals surface area contributed by atoms with Gasteiger partial charge in [-0.25, -0.2) is 4.79 Å². The van der Waals surface area contributed by atoms with Gasteiger partial charge in [0.2, 0.25) is 0 Å². The molecule has 1 aromatic rings. The largest absolute Gasteiger partial charge is 0.573 e. The molecule has 1 amide bonds. The van der Waals surface area contributed by atoms with Crippen LogP contribution in [0.1, 0.15) is 25.5 Å². The van der Waals surface area contributed by atoms with Crippen molar-refractivity contribution >= 4 is 34.4 Å². The lowest BCUT2D eigenvalue weighted by Crippen LogP contribution is -2.46. The Bertz CT molecular complexity index is 566. The Kier molecular flexibility index (Phi) is 5.61. The number of ether oxygens (including phenoxy) is 2. The van der Waals surface area contributed by atoms with E-state index in [-0.39, 0.29) is 24.8 Å². The molecule has 1 saturated heterocycles. The summed E-state index contributed by atoms with van der Waals surface area (Å²) in [5.74, 6) is -0.344. The molecule has 0 radical (unpaired) electrons. The molecule has 22 heavy (non-hydrogen) atoms. The Morgan fingerprint density at radius 1 is 1.36 bits per heavy atom. The van der Waals surface area contributed by atoms with Gasteiger partial charge in [0.05, 0.1) is 6.04 Å². The van der Waals surface area contributed by atoms with Gasteiger partial charge in [-0.05, 0) is 23.8 Å². The minimum atomic E-state index is -4.77. The van der Waals surface area contributed by atoms with Gasteiger partial charge in [0, 0.05) is 9.89 Å². The van der Waals surface area contributed by atoms with Gasteiger partial charge in [-0.1, -0.05) is 29.8 Å². The van der Waals surface area contributed by atoms with Crippen molar-refractivity contribution in [2.45, 2.75) is 26.3 Å². The van der Waals surface area contributed by atoms with E-state index in [0.29, 0.717) is 10.0 Å². The summed E-state index contributed by atoms with van der Waals surface area (Å²) in [5, 5.41) is 2.62. The standard InChI is InChI=1S/C13H13BrF3NO3.ClH/c1-12(2)6-20-11(19)18-10(12)7-3-8(14)5-9(4-7)21-13(15,16)17;/h3-5,10H,6H2,1-2H3,(H,18,19);1H/t10-;/m0./s1. The van der Waals surface area contributed by atoms with Gasteiger partial charge in [0.15, 0.2) is 0 Å². The number of halogens is 5. The topological polar surface area (TPSA) is 47.6 Å². The molecule has 1 aliphatic heterocycles. The minimum Gasteiger partial charge on any atom is -0.449 e. The van der Waals surface area contributed by atoms with E-state index in [1.165, 1.54) is 12.1 Å². The van der Waals surface area contributed by atoms with E-state index in [1.807, 2.05) is 13.8 Å². The fourth-order valence-corrected chi connectivity index (χ4v) is 2.66. The summed E-state index contributed by atoms with van der Waals surface area (Å²) in [6, 6.07) is 3.63. The van der Waals surface area contributed by atoms with E-state index in [9.17, 15) is 18.0 Å². The van der Waals surface area contributed by atoms with Crippen LogP contribution in [0.25, 0.3) is 0 Å². The third-order valence-electron chi connectivity index (χ3n) is 3.08. The van der Waals surface area contributed by atoms with Gasteiger partial charge in [0.25, 0.3) is 0 Å². The second kappa shape index (κ2) is 6.54. The molecule has 9 heteroatoms. The molecule has 1 aliphatic rings. The minimum absolute atomic E-state index is 0. The van der Waals surface area contributed by atoms with E-state index in [0.717, 1.165) is 0 Å². The number of hydrogen-bond acceptors (Lipinski definition) is 3. The monoisotopic (exact) mass is 403 g/mol. The summed E-state index contributed by atoms with van der Waals surface area (Å²) in [7, 11) is 0. The van der Waals surface area contributed by atoms with Gasteiger partial charge < -0.3 is 14.8 Å². The quantitative estimate of drug-likeness (QED) is 0.785. The number of carbonyl (C=O) groups excluding carboxylic acids is 1. The zero-order chi connectivity index (χ0) is 15.8. The lowest BCUT2D eigenvalue weighted by molar-refractivity contribution is -0.274. The van der Waals surface area contributed by atoms with Crippen molar-refractivity contribution in [1.29, 1.82) is 0 Å². The van der Waals surface area contributed by atoms with Gasteiger partial charge in [-0.3, -0.25) is 0 Å². The van der Waals surface area contributed by atoms with Gasteiger partial charge in [-0.15, -0.1) is 25.6 Å². The number of hydrogen-bond donors (Lipinski definition) is 1. The van der Waals surface area contributed by atoms with Crippen LogP contribution < -0.4 is 10.1 Å². The van der Waals surface area contributed by atoms with Crippen LogP contribution in [0.2, 0.25) is 0 Å². The lowest BCUT2D eigenvalue weighted by atomic mass is 9.80. The van der Waals surface area contributed by atoms with Crippen molar-refractivity contribution in [2.75, 3.05) is 6.61 Å². The van der Waals surface area contributed by atoms with Crippen molar-refractivity contribution in [1.82, 2.24) is 5.32 Å². The summed E-state index contributed by atoms with van der Waals surface area (Å²) in [6.45, 7) is 3.87. The number of alkyl carbamates (subject to hydrolysis) is 1. The summed E-state index contributed by atoms with van der Waals surface area (Å²) in [5.41, 5.74) is 0.0368. The highest BCUT2D eigenvalue weighted by Gasteiger charge is 2.38. The predicted octanol–water partition coefficient (Wildman–Crippen LogP) is 4.58. The first-order valence-corrected chi connectivity index (χ1v) is 6.86. The van der Waals surface area contributed by atoms with Crippen molar-refractivity contribution in [3.05, 3.63) is 28.2 Å². The Morgan fingerprint density at radius 2 is 2.00 bits per heavy atom. The maximum atomic E-state index is 12.3. The van der Waals surface area contributed by atoms with Crippen LogP contribution >= 0.6 is 28.3 Å². The maximum absolute atomic E-state index is 12.3. The molecule has 1 atom stereocenters. The molecule has 0 spiro atoms. The van der Waals surface area contributed by atoms with Crippen LogP contribution in [0.5, 0.6) is 5.75 Å². The summed E-state index contributed by atoms with van der Waals surface area (Å²) in [6.07, 6.45) is -5.37. The van der Waals surface area contributed by atoms with E-state index in [1.54, 1.807) is 6.07 Å². The third kappa shape index (κ3) is 4.67. The highest BCUT2D eigenvalue weighted by atomic mass is 79.9. The summed E-state index contributed by atoms with van der Waals surface area (Å²) in [4.78, 5) is 11.4. The van der Waals surface area contributed by atoms with Gasteiger partial charge >= 0.3 is 12.5 Å². The van der Waals surface area contributed by atoms with Crippen LogP contribution in [-0.2, 0) is 4.74 Å². The number of alkyl halides is 3. The lowest BCUT2D eigenvalue weighted by Gasteiger charge is -2.38. The Balaban J connectivity index is 0.00000242. The van der Waals surface area contributed by atoms with E-state index in [4.69, 9.17) is 4.74 Å². The molecule has 0 unspecified atom stereocenters. The smallest absolute Gasteiger partial charge is 0.449 e. The van der Waals surface area contributed by atoms with Gasteiger partial charge in [-0.2, -0.15) is 0 Å². The summed E-state index contributed by atoms with van der Waals surface area (Å²) < 4.78 is 46.3. The van der Waals surface area contributed by atoms with Crippen LogP contribution in [-0.4, -0.2) is 19.1 Å². The second-order valence-electron chi connectivity index (χ2n) is 5.41. The zero-order valence-corrected chi connectivity index (χ0v) is 14.1. The molecule has 0 aliphatic carbocycles. The molecule has 4 nitrogen and oxygen atoms in total. The average molecular weight is 405 g/mol. The molecule has 0 saturated carbocycles. The third-order valence-corrected chi connectivity index (χ3v) is 3.54. The Hall–Kier alpha value is -1.15. The first-order valence-electron chi connectivity index (χ1n) is 6.06. The number of rotatable bonds is 2. The maximum Gasteiger partial charge on any atom is 0.573 e. The molecule has 0 bridgehead atoms. The van der Waals surface area contributed by atoms with Crippen LogP contribution in [0.3, 0.4) is 0 Å². The molecule has 2 rings (SSSR count). The normalized spacial score (nSPS) is 20.5. The van der Waals surface area contributed by atoms with Gasteiger partial charge in [0.1, 0.15) is 12.4 Å². The van der Waals surface area contributed by atoms with Crippen LogP contribution in [0.15, 0.2) is 22.7 Å². The van der Waals surface area contributed by atoms with E-state index < -0.39 is 23.9 Å². The number of cyclic esters (lactones) is 1. The number of amides is 1. The van der Waals surface area contributed by atoms with E-state index in [2.05, 4.69) is 26.0 Å². The average Bonchev–Trinajstić information content (AvgIpc) is 2.29. The van der Waals surface area contributed by atoms with Crippen LogP contribution in [0.4, 0.5) is 18.0 Å². The van der Waals surface area contributed by atoms with Crippen molar-refractivity contribution in [3.63, 3.8) is 0 Å². The number of nitrogens with one attached hydrogen (secondary N) is 1. The predicted molar refractivity (Wildman–Crippen MR) is 79.1 cm³/mol. The molecule has 1 aromatic carbocycles. The zero-order valence-electron chi connectivity index (χ0n) is 11.7. The Morgan fingerprint density at radius 3 is 2.59 bits per heavy atom. The highest BCUT2D eigenvalue weighted by molar-refractivity contribution is 9.10. The first kappa shape index (κ1) is 18.9. The fourth-order valence-electron chi connectivity index (χ4n) is 2.17.